The van der Waals surface area contributed by atoms with Gasteiger partial charge in [0.25, 0.3) is 6.43 Å². The van der Waals surface area contributed by atoms with E-state index in [1.165, 1.54) is 24.3 Å². The maximum absolute atomic E-state index is 12.3. The Balaban J connectivity index is 2.38. The largest absolute Gasteiger partial charge is 0.263 e. The van der Waals surface area contributed by atoms with Gasteiger partial charge in [0.2, 0.25) is 0 Å². The molecule has 2 rings (SSSR count). The van der Waals surface area contributed by atoms with Gasteiger partial charge in [-0.3, -0.25) is 0 Å². The van der Waals surface area contributed by atoms with E-state index in [4.69, 9.17) is 13.0 Å². The zero-order valence-corrected chi connectivity index (χ0v) is 8.12. The van der Waals surface area contributed by atoms with Gasteiger partial charge in [0.15, 0.2) is 5.15 Å². The third-order valence-corrected chi connectivity index (χ3v) is 1.97. The van der Waals surface area contributed by atoms with Crippen LogP contribution in [0.25, 0.3) is 5.69 Å². The van der Waals surface area contributed by atoms with Crippen LogP contribution in [0.3, 0.4) is 0 Å². The maximum Gasteiger partial charge on any atom is 0.263 e. The monoisotopic (exact) mass is 230 g/mol. The predicted octanol–water partition coefficient (Wildman–Crippen LogP) is 2.86. The van der Waals surface area contributed by atoms with E-state index in [-0.39, 0.29) is 16.9 Å². The first kappa shape index (κ1) is 8.79. The van der Waals surface area contributed by atoms with Gasteiger partial charge < -0.3 is 0 Å². The number of aromatic nitrogens is 3. The molecule has 15 heavy (non-hydrogen) atoms. The zero-order valence-electron chi connectivity index (χ0n) is 8.36. The number of halogens is 3. The van der Waals surface area contributed by atoms with Gasteiger partial charge in [-0.05, 0) is 12.1 Å². The number of hydrogen-bond donors (Lipinski definition) is 0. The van der Waals surface area contributed by atoms with Crippen LogP contribution in [0, 0.1) is 0 Å². The van der Waals surface area contributed by atoms with Crippen LogP contribution in [0.4, 0.5) is 8.78 Å². The lowest BCUT2D eigenvalue weighted by molar-refractivity contribution is 0.151. The molecule has 0 amide bonds. The van der Waals surface area contributed by atoms with Crippen LogP contribution >= 0.6 is 11.6 Å². The van der Waals surface area contributed by atoms with Crippen molar-refractivity contribution in [2.45, 2.75) is 6.43 Å². The van der Waals surface area contributed by atoms with Gasteiger partial charge in [-0.15, -0.1) is 5.10 Å². The van der Waals surface area contributed by atoms with Gasteiger partial charge in [-0.1, -0.05) is 28.9 Å². The zero-order chi connectivity index (χ0) is 11.7. The molecule has 3 nitrogen and oxygen atoms in total. The van der Waals surface area contributed by atoms with Crippen molar-refractivity contribution in [3.8, 4) is 5.69 Å². The van der Waals surface area contributed by atoms with E-state index < -0.39 is 6.43 Å². The Hall–Kier alpha value is -1.49. The third-order valence-electron chi connectivity index (χ3n) is 1.81. The number of alkyl halides is 2. The van der Waals surface area contributed by atoms with Gasteiger partial charge in [0.05, 0.1) is 13.2 Å². The van der Waals surface area contributed by atoms with Crippen LogP contribution in [0.15, 0.2) is 30.4 Å². The molecule has 0 spiro atoms. The van der Waals surface area contributed by atoms with Crippen molar-refractivity contribution in [2.75, 3.05) is 0 Å². The summed E-state index contributed by atoms with van der Waals surface area (Å²) in [6.07, 6.45) is -2.59. The van der Waals surface area contributed by atoms with Gasteiger partial charge in [-0.2, -0.15) is 0 Å². The number of benzene rings is 1. The highest BCUT2D eigenvalue weighted by Gasteiger charge is 2.06. The Kier molecular flexibility index (Phi) is 2.31. The molecule has 1 aromatic carbocycles. The van der Waals surface area contributed by atoms with Gasteiger partial charge >= 0.3 is 0 Å². The summed E-state index contributed by atoms with van der Waals surface area (Å²) in [5, 5.41) is 7.08. The molecular formula is C9H6ClF2N3. The summed E-state index contributed by atoms with van der Waals surface area (Å²) < 4.78 is 33.3. The molecule has 1 aromatic heterocycles. The lowest BCUT2D eigenvalue weighted by Crippen LogP contribution is -1.95. The van der Waals surface area contributed by atoms with Crippen molar-refractivity contribution in [3.63, 3.8) is 0 Å². The van der Waals surface area contributed by atoms with Crippen LogP contribution in [0.5, 0.6) is 0 Å². The Morgan fingerprint density at radius 2 is 2.00 bits per heavy atom. The molecule has 0 saturated heterocycles. The summed E-state index contributed by atoms with van der Waals surface area (Å²) in [5.74, 6) is 0. The smallest absolute Gasteiger partial charge is 0.219 e. The maximum atomic E-state index is 12.3. The molecule has 0 radical (unpaired) electrons. The SMILES string of the molecule is [2H]c1c(Cl)nnn1-c1ccc(C(F)F)cc1. The van der Waals surface area contributed by atoms with Crippen LogP contribution in [0.1, 0.15) is 13.4 Å². The number of hydrogen-bond acceptors (Lipinski definition) is 2. The Labute approximate surface area is 90.7 Å². The normalized spacial score (nSPS) is 11.9. The molecule has 0 fully saturated rings. The molecule has 0 bridgehead atoms. The average molecular weight is 231 g/mol. The van der Waals surface area contributed by atoms with Crippen molar-refractivity contribution in [2.24, 2.45) is 0 Å². The molecule has 0 saturated carbocycles. The fourth-order valence-corrected chi connectivity index (χ4v) is 1.21. The van der Waals surface area contributed by atoms with E-state index in [1.54, 1.807) is 0 Å². The van der Waals surface area contributed by atoms with E-state index in [2.05, 4.69) is 10.3 Å². The molecule has 1 heterocycles. The molecule has 2 aromatic rings. The molecule has 0 aliphatic carbocycles. The van der Waals surface area contributed by atoms with Crippen LogP contribution < -0.4 is 0 Å². The molecule has 0 atom stereocenters. The number of rotatable bonds is 2. The lowest BCUT2D eigenvalue weighted by Gasteiger charge is -2.02. The van der Waals surface area contributed by atoms with Gasteiger partial charge in [0.1, 0.15) is 0 Å². The Bertz CT molecular complexity index is 498. The minimum absolute atomic E-state index is 0.0297. The highest BCUT2D eigenvalue weighted by molar-refractivity contribution is 6.29. The Morgan fingerprint density at radius 3 is 2.47 bits per heavy atom. The molecule has 0 unspecified atom stereocenters. The van der Waals surface area contributed by atoms with Gasteiger partial charge in [0, 0.05) is 5.56 Å². The molecule has 0 N–H and O–H groups in total. The highest BCUT2D eigenvalue weighted by Crippen LogP contribution is 2.19. The first-order valence-electron chi connectivity index (χ1n) is 4.56. The van der Waals surface area contributed by atoms with Crippen molar-refractivity contribution in [1.82, 2.24) is 15.0 Å². The second-order valence-corrected chi connectivity index (χ2v) is 3.15. The second-order valence-electron chi connectivity index (χ2n) is 2.80. The average Bonchev–Trinajstić information content (AvgIpc) is 2.60. The predicted molar refractivity (Wildman–Crippen MR) is 51.3 cm³/mol. The molecule has 78 valence electrons. The van der Waals surface area contributed by atoms with Crippen molar-refractivity contribution in [3.05, 3.63) is 41.2 Å². The highest BCUT2D eigenvalue weighted by atomic mass is 35.5. The van der Waals surface area contributed by atoms with Crippen molar-refractivity contribution >= 4 is 11.6 Å². The fourth-order valence-electron chi connectivity index (χ4n) is 1.09. The van der Waals surface area contributed by atoms with E-state index in [0.717, 1.165) is 4.68 Å². The number of nitrogens with zero attached hydrogens (tertiary/aromatic N) is 3. The quantitative estimate of drug-likeness (QED) is 0.794. The minimum Gasteiger partial charge on any atom is -0.219 e. The lowest BCUT2D eigenvalue weighted by atomic mass is 10.2. The topological polar surface area (TPSA) is 30.7 Å². The fraction of sp³-hybridized carbons (Fsp3) is 0.111. The standard InChI is InChI=1S/C9H6ClF2N3/c10-8-5-15(14-13-8)7-3-1-6(2-4-7)9(11)12/h1-5,9H/i5D. The first-order valence-corrected chi connectivity index (χ1v) is 4.43. The first-order chi connectivity index (χ1) is 7.59. The van der Waals surface area contributed by atoms with Crippen LogP contribution in [-0.2, 0) is 0 Å². The summed E-state index contributed by atoms with van der Waals surface area (Å²) in [4.78, 5) is 0. The minimum atomic E-state index is -2.51. The van der Waals surface area contributed by atoms with Crippen molar-refractivity contribution < 1.29 is 10.2 Å². The van der Waals surface area contributed by atoms with Gasteiger partial charge in [-0.25, -0.2) is 13.5 Å². The molecular weight excluding hydrogens is 224 g/mol. The second kappa shape index (κ2) is 3.94. The summed E-state index contributed by atoms with van der Waals surface area (Å²) in [6, 6.07) is 5.42. The third kappa shape index (κ3) is 2.12. The Morgan fingerprint density at radius 1 is 1.33 bits per heavy atom. The molecule has 6 heteroatoms. The summed E-state index contributed by atoms with van der Waals surface area (Å²) in [6.45, 7) is 0. The van der Waals surface area contributed by atoms with Crippen LogP contribution in [0.2, 0.25) is 5.15 Å². The summed E-state index contributed by atoms with van der Waals surface area (Å²) in [5.41, 5.74) is 0.385. The van der Waals surface area contributed by atoms with Crippen molar-refractivity contribution in [1.29, 1.82) is 0 Å². The summed E-state index contributed by atoms with van der Waals surface area (Å²) >= 11 is 5.56. The van der Waals surface area contributed by atoms with E-state index >= 15 is 0 Å². The van der Waals surface area contributed by atoms with Crippen LogP contribution in [-0.4, -0.2) is 15.0 Å². The molecule has 0 aliphatic rings. The summed E-state index contributed by atoms with van der Waals surface area (Å²) in [7, 11) is 0. The van der Waals surface area contributed by atoms with E-state index in [0.29, 0.717) is 5.69 Å². The van der Waals surface area contributed by atoms with E-state index in [1.807, 2.05) is 0 Å². The van der Waals surface area contributed by atoms with E-state index in [9.17, 15) is 8.78 Å². The molecule has 0 aliphatic heterocycles.